The first-order chi connectivity index (χ1) is 20.2. The van der Waals surface area contributed by atoms with Crippen molar-refractivity contribution in [3.05, 3.63) is 91.7 Å². The highest BCUT2D eigenvalue weighted by atomic mass is 16.3. The van der Waals surface area contributed by atoms with E-state index in [9.17, 15) is 14.7 Å². The van der Waals surface area contributed by atoms with Gasteiger partial charge in [0, 0.05) is 56.8 Å². The van der Waals surface area contributed by atoms with Crippen LogP contribution in [0.4, 0.5) is 0 Å². The number of aromatic hydroxyl groups is 1. The molecule has 1 saturated heterocycles. The summed E-state index contributed by atoms with van der Waals surface area (Å²) in [7, 11) is 1.93. The Bertz CT molecular complexity index is 1980. The average Bonchev–Trinajstić information content (AvgIpc) is 3.30. The number of fused-ring (bicyclic) bond motifs is 6. The van der Waals surface area contributed by atoms with Crippen LogP contribution in [0.15, 0.2) is 62.5 Å². The summed E-state index contributed by atoms with van der Waals surface area (Å²) in [5, 5.41) is 12.0. The molecule has 2 aliphatic rings. The molecule has 0 amide bonds. The molecule has 7 rings (SSSR count). The van der Waals surface area contributed by atoms with Crippen molar-refractivity contribution >= 4 is 22.0 Å². The Morgan fingerprint density at radius 2 is 1.88 bits per heavy atom. The predicted octanol–water partition coefficient (Wildman–Crippen LogP) is 5.52. The highest BCUT2D eigenvalue weighted by Crippen LogP contribution is 2.40. The fourth-order valence-corrected chi connectivity index (χ4v) is 7.22. The van der Waals surface area contributed by atoms with E-state index in [0.717, 1.165) is 41.8 Å². The Morgan fingerprint density at radius 1 is 1.07 bits per heavy atom. The fraction of sp³-hybridized carbons (Fsp3) is 0.382. The first kappa shape index (κ1) is 26.7. The highest BCUT2D eigenvalue weighted by molar-refractivity contribution is 5.89. The van der Waals surface area contributed by atoms with Crippen LogP contribution in [0.5, 0.6) is 5.75 Å². The number of phenolic OH excluding ortho intramolecular Hbond substituents is 1. The summed E-state index contributed by atoms with van der Waals surface area (Å²) in [6.45, 7) is 8.78. The molecule has 42 heavy (non-hydrogen) atoms. The number of benzene rings is 2. The molecule has 2 atom stereocenters. The second-order valence-corrected chi connectivity index (χ2v) is 12.3. The smallest absolute Gasteiger partial charge is 0.250 e. The number of hydrogen-bond acceptors (Lipinski definition) is 6. The Balaban J connectivity index is 1.37. The maximum Gasteiger partial charge on any atom is 0.250 e. The quantitative estimate of drug-likeness (QED) is 0.302. The van der Waals surface area contributed by atoms with Gasteiger partial charge in [0.1, 0.15) is 28.5 Å². The molecule has 0 radical (unpaired) electrons. The summed E-state index contributed by atoms with van der Waals surface area (Å²) >= 11 is 0. The predicted molar refractivity (Wildman–Crippen MR) is 164 cm³/mol. The maximum atomic E-state index is 14.4. The monoisotopic (exact) mass is 564 g/mol. The molecule has 2 bridgehead atoms. The molecule has 8 nitrogen and oxygen atoms in total. The zero-order valence-corrected chi connectivity index (χ0v) is 24.6. The van der Waals surface area contributed by atoms with E-state index in [1.54, 1.807) is 12.1 Å². The van der Waals surface area contributed by atoms with Gasteiger partial charge >= 0.3 is 0 Å². The molecule has 5 heterocycles. The number of likely N-dealkylation sites (tertiary alicyclic amines) is 1. The minimum atomic E-state index is -0.127. The van der Waals surface area contributed by atoms with E-state index >= 15 is 0 Å². The number of piperidine rings is 1. The van der Waals surface area contributed by atoms with Gasteiger partial charge in [0.15, 0.2) is 0 Å². The Labute approximate surface area is 243 Å². The Hall–Kier alpha value is -4.17. The topological polar surface area (TPSA) is 93.5 Å². The maximum absolute atomic E-state index is 14.4. The standard InChI is InChI=1S/C34H36N4O4/c1-5-21-14-23-31(41)29(34-35-25-9-6-7-10-27(25)36(34)4)32(19(2)3)42-33(23)24(30(21)40)18-37-15-20-13-22(17-37)26-11-8-12-28(39)38(26)16-20/h6-12,14,19-20,22,40H,5,13,15-18H2,1-4H3. The summed E-state index contributed by atoms with van der Waals surface area (Å²) in [5.41, 5.74) is 5.11. The van der Waals surface area contributed by atoms with Crippen molar-refractivity contribution in [2.45, 2.75) is 58.5 Å². The zero-order chi connectivity index (χ0) is 29.3. The number of rotatable bonds is 5. The second-order valence-electron chi connectivity index (χ2n) is 12.3. The Morgan fingerprint density at radius 3 is 2.64 bits per heavy atom. The lowest BCUT2D eigenvalue weighted by atomic mass is 9.83. The first-order valence-electron chi connectivity index (χ1n) is 14.9. The second kappa shape index (κ2) is 9.98. The highest BCUT2D eigenvalue weighted by Gasteiger charge is 2.35. The molecule has 216 valence electrons. The number of aromatic nitrogens is 3. The molecule has 1 fully saturated rings. The van der Waals surface area contributed by atoms with E-state index in [4.69, 9.17) is 9.40 Å². The van der Waals surface area contributed by atoms with Gasteiger partial charge in [0.2, 0.25) is 5.43 Å². The van der Waals surface area contributed by atoms with Gasteiger partial charge < -0.3 is 18.7 Å². The lowest BCUT2D eigenvalue weighted by Gasteiger charge is -2.42. The van der Waals surface area contributed by atoms with Crippen molar-refractivity contribution in [1.29, 1.82) is 0 Å². The van der Waals surface area contributed by atoms with Crippen molar-refractivity contribution in [2.24, 2.45) is 13.0 Å². The lowest BCUT2D eigenvalue weighted by molar-refractivity contribution is 0.113. The molecule has 3 aromatic heterocycles. The molecule has 0 saturated carbocycles. The van der Waals surface area contributed by atoms with Gasteiger partial charge in [-0.1, -0.05) is 39.0 Å². The normalized spacial score (nSPS) is 18.7. The molecule has 2 aromatic carbocycles. The molecule has 0 aliphatic carbocycles. The van der Waals surface area contributed by atoms with Gasteiger partial charge in [-0.3, -0.25) is 14.5 Å². The molecular formula is C34H36N4O4. The number of imidazole rings is 1. The SMILES string of the molecule is CCc1cc2c(=O)c(-c3nc4ccccc4n3C)c(C(C)C)oc2c(CN2CC3CC(C2)c2cccc(=O)n2C3)c1O. The number of pyridine rings is 1. The third-order valence-electron chi connectivity index (χ3n) is 9.21. The van der Waals surface area contributed by atoms with Crippen molar-refractivity contribution in [3.63, 3.8) is 0 Å². The summed E-state index contributed by atoms with van der Waals surface area (Å²) in [6, 6.07) is 15.2. The van der Waals surface area contributed by atoms with E-state index in [0.29, 0.717) is 59.1 Å². The summed E-state index contributed by atoms with van der Waals surface area (Å²) < 4.78 is 10.6. The lowest BCUT2D eigenvalue weighted by Crippen LogP contribution is -2.46. The van der Waals surface area contributed by atoms with Gasteiger partial charge in [-0.2, -0.15) is 0 Å². The van der Waals surface area contributed by atoms with Crippen LogP contribution in [0.1, 0.15) is 61.6 Å². The molecule has 8 heteroatoms. The number of hydrogen-bond donors (Lipinski definition) is 1. The van der Waals surface area contributed by atoms with E-state index in [1.165, 1.54) is 0 Å². The van der Waals surface area contributed by atoms with Crippen LogP contribution in [0, 0.1) is 5.92 Å². The number of para-hydroxylation sites is 2. The molecule has 5 aromatic rings. The van der Waals surface area contributed by atoms with Crippen LogP contribution in [0.2, 0.25) is 0 Å². The molecule has 2 unspecified atom stereocenters. The largest absolute Gasteiger partial charge is 0.507 e. The van der Waals surface area contributed by atoms with Crippen LogP contribution in [0.3, 0.4) is 0 Å². The van der Waals surface area contributed by atoms with E-state index in [-0.39, 0.29) is 28.6 Å². The van der Waals surface area contributed by atoms with Crippen LogP contribution in [-0.4, -0.2) is 37.2 Å². The number of phenols is 1. The number of aryl methyl sites for hydroxylation is 2. The van der Waals surface area contributed by atoms with Crippen LogP contribution >= 0.6 is 0 Å². The van der Waals surface area contributed by atoms with E-state index in [1.807, 2.05) is 67.3 Å². The van der Waals surface area contributed by atoms with Crippen LogP contribution < -0.4 is 11.0 Å². The summed E-state index contributed by atoms with van der Waals surface area (Å²) in [4.78, 5) is 34.1. The third-order valence-corrected chi connectivity index (χ3v) is 9.21. The van der Waals surface area contributed by atoms with Crippen LogP contribution in [-0.2, 0) is 26.6 Å². The average molecular weight is 565 g/mol. The van der Waals surface area contributed by atoms with Crippen molar-refractivity contribution < 1.29 is 9.52 Å². The number of nitrogens with zero attached hydrogens (tertiary/aromatic N) is 4. The van der Waals surface area contributed by atoms with Crippen molar-refractivity contribution in [2.75, 3.05) is 13.1 Å². The zero-order valence-electron chi connectivity index (χ0n) is 24.6. The van der Waals surface area contributed by atoms with Crippen molar-refractivity contribution in [1.82, 2.24) is 19.0 Å². The summed E-state index contributed by atoms with van der Waals surface area (Å²) in [6.07, 6.45) is 1.64. The summed E-state index contributed by atoms with van der Waals surface area (Å²) in [5.74, 6) is 1.87. The van der Waals surface area contributed by atoms with Crippen LogP contribution in [0.25, 0.3) is 33.4 Å². The molecule has 0 spiro atoms. The third kappa shape index (κ3) is 4.11. The first-order valence-corrected chi connectivity index (χ1v) is 14.9. The minimum Gasteiger partial charge on any atom is -0.507 e. The minimum absolute atomic E-state index is 0.0642. The van der Waals surface area contributed by atoms with E-state index < -0.39 is 0 Å². The van der Waals surface area contributed by atoms with Gasteiger partial charge in [-0.25, -0.2) is 4.98 Å². The molecule has 1 N–H and O–H groups in total. The molecular weight excluding hydrogens is 528 g/mol. The van der Waals surface area contributed by atoms with Crippen molar-refractivity contribution in [3.8, 4) is 17.1 Å². The fourth-order valence-electron chi connectivity index (χ4n) is 7.22. The molecule has 2 aliphatic heterocycles. The van der Waals surface area contributed by atoms with Gasteiger partial charge in [0.25, 0.3) is 5.56 Å². The van der Waals surface area contributed by atoms with Gasteiger partial charge in [-0.05, 0) is 48.6 Å². The van der Waals surface area contributed by atoms with Gasteiger partial charge in [0.05, 0.1) is 22.0 Å². The van der Waals surface area contributed by atoms with Gasteiger partial charge in [-0.15, -0.1) is 0 Å². The van der Waals surface area contributed by atoms with E-state index in [2.05, 4.69) is 11.0 Å². The Kier molecular flexibility index (Phi) is 6.35.